The molecule has 0 saturated carbocycles. The van der Waals surface area contributed by atoms with E-state index in [-0.39, 0.29) is 0 Å². The fraction of sp³-hybridized carbons (Fsp3) is 1.00. The molecule has 3 heteroatoms. The Kier molecular flexibility index (Phi) is 3.04. The van der Waals surface area contributed by atoms with Crippen LogP contribution in [0.5, 0.6) is 0 Å². The van der Waals surface area contributed by atoms with Gasteiger partial charge in [0.2, 0.25) is 0 Å². The molecule has 3 atom stereocenters. The number of nitrogens with two attached hydrogens (primary N) is 1. The minimum Gasteiger partial charge on any atom is -0.330 e. The Hall–Kier alpha value is 0.660. The van der Waals surface area contributed by atoms with Gasteiger partial charge in [0.25, 0.3) is 0 Å². The lowest BCUT2D eigenvalue weighted by molar-refractivity contribution is 1.11. The van der Waals surface area contributed by atoms with Gasteiger partial charge in [-0.25, -0.2) is 0 Å². The predicted molar refractivity (Wildman–Crippen MR) is 44.3 cm³/mol. The minimum atomic E-state index is -2.05. The SMILES string of the molecule is [2H]C(C)C([2H])SSC([2H])C([2H])([2H])N. The van der Waals surface area contributed by atoms with E-state index in [1.807, 2.05) is 0 Å². The molecular weight excluding hydrogens is 138 g/mol. The summed E-state index contributed by atoms with van der Waals surface area (Å²) in [5.74, 6) is 0. The van der Waals surface area contributed by atoms with Crippen molar-refractivity contribution in [2.45, 2.75) is 13.3 Å². The summed E-state index contributed by atoms with van der Waals surface area (Å²) in [5, 5.41) is 0. The van der Waals surface area contributed by atoms with Crippen LogP contribution in [0.15, 0.2) is 0 Å². The van der Waals surface area contributed by atoms with Gasteiger partial charge < -0.3 is 5.73 Å². The molecule has 0 fully saturated rings. The van der Waals surface area contributed by atoms with E-state index in [4.69, 9.17) is 12.6 Å². The van der Waals surface area contributed by atoms with E-state index in [9.17, 15) is 0 Å². The third kappa shape index (κ3) is 6.66. The first-order chi connectivity index (χ1) is 5.75. The molecule has 0 saturated heterocycles. The van der Waals surface area contributed by atoms with Crippen LogP contribution in [-0.2, 0) is 0 Å². The molecule has 0 rings (SSSR count). The lowest BCUT2D eigenvalue weighted by atomic mass is 10.6. The van der Waals surface area contributed by atoms with Crippen LogP contribution in [-0.4, -0.2) is 18.0 Å². The summed E-state index contributed by atoms with van der Waals surface area (Å²) in [7, 11) is 1.90. The Bertz CT molecular complexity index is 150. The van der Waals surface area contributed by atoms with Gasteiger partial charge >= 0.3 is 0 Å². The van der Waals surface area contributed by atoms with Crippen LogP contribution in [0.25, 0.3) is 0 Å². The minimum absolute atomic E-state index is 0.548. The van der Waals surface area contributed by atoms with Crippen LogP contribution < -0.4 is 5.73 Å². The molecule has 0 aromatic carbocycles. The van der Waals surface area contributed by atoms with E-state index < -0.39 is 24.4 Å². The fourth-order valence-corrected chi connectivity index (χ4v) is 1.29. The summed E-state index contributed by atoms with van der Waals surface area (Å²) in [6.45, 7) is -0.468. The lowest BCUT2D eigenvalue weighted by Crippen LogP contribution is -1.99. The third-order valence-electron chi connectivity index (χ3n) is 0.363. The maximum Gasteiger partial charge on any atom is 0.0434 e. The largest absolute Gasteiger partial charge is 0.330 e. The van der Waals surface area contributed by atoms with E-state index in [2.05, 4.69) is 0 Å². The second kappa shape index (κ2) is 7.66. The Morgan fingerprint density at radius 2 is 2.12 bits per heavy atom. The topological polar surface area (TPSA) is 26.0 Å². The van der Waals surface area contributed by atoms with Crippen LogP contribution >= 0.6 is 21.6 Å². The molecule has 0 amide bonds. The van der Waals surface area contributed by atoms with E-state index in [0.717, 1.165) is 21.6 Å². The highest BCUT2D eigenvalue weighted by Gasteiger charge is 1.83. The Balaban J connectivity index is 3.77. The normalized spacial score (nSPS) is 32.5. The first-order valence-electron chi connectivity index (χ1n) is 4.86. The number of rotatable bonds is 5. The Labute approximate surface area is 66.2 Å². The first kappa shape index (κ1) is 3.17. The second-order valence-electron chi connectivity index (χ2n) is 0.946. The van der Waals surface area contributed by atoms with Gasteiger partial charge in [-0.05, 0) is 6.40 Å². The predicted octanol–water partition coefficient (Wildman–Crippen LogP) is 1.74. The molecule has 0 aliphatic carbocycles. The highest BCUT2D eigenvalue weighted by atomic mass is 33.1. The summed E-state index contributed by atoms with van der Waals surface area (Å²) in [6.07, 6.45) is -0.548. The molecule has 0 aromatic heterocycles. The molecule has 0 aromatic rings. The zero-order valence-corrected chi connectivity index (χ0v) is 6.26. The molecule has 0 radical (unpaired) electrons. The van der Waals surface area contributed by atoms with Crippen molar-refractivity contribution in [1.82, 2.24) is 0 Å². The summed E-state index contributed by atoms with van der Waals surface area (Å²) < 4.78 is 35.8. The molecule has 1 nitrogen and oxygen atoms in total. The maximum absolute atomic E-state index is 7.33. The molecule has 0 aliphatic rings. The van der Waals surface area contributed by atoms with Gasteiger partial charge in [-0.3, -0.25) is 0 Å². The third-order valence-corrected chi connectivity index (χ3v) is 2.05. The smallest absolute Gasteiger partial charge is 0.0434 e. The summed E-state index contributed by atoms with van der Waals surface area (Å²) >= 11 is 0. The molecule has 0 aliphatic heterocycles. The van der Waals surface area contributed by atoms with Crippen molar-refractivity contribution in [1.29, 1.82) is 0 Å². The summed E-state index contributed by atoms with van der Waals surface area (Å²) in [5.41, 5.74) is 3.26. The van der Waals surface area contributed by atoms with Crippen LogP contribution in [0.4, 0.5) is 0 Å². The molecular formula is C5H13NS2. The monoisotopic (exact) mass is 156 g/mol. The van der Waals surface area contributed by atoms with Crippen LogP contribution in [0.1, 0.15) is 20.2 Å². The summed E-state index contributed by atoms with van der Waals surface area (Å²) in [6, 6.07) is 0. The molecule has 0 bridgehead atoms. The highest BCUT2D eigenvalue weighted by molar-refractivity contribution is 8.76. The fourth-order valence-electron chi connectivity index (χ4n) is 0.143. The van der Waals surface area contributed by atoms with E-state index in [0.29, 0.717) is 0 Å². The van der Waals surface area contributed by atoms with Crippen molar-refractivity contribution in [3.05, 3.63) is 0 Å². The summed E-state index contributed by atoms with van der Waals surface area (Å²) in [4.78, 5) is 0. The molecule has 0 spiro atoms. The van der Waals surface area contributed by atoms with Gasteiger partial charge in [-0.2, -0.15) is 0 Å². The average Bonchev–Trinajstić information content (AvgIpc) is 1.97. The van der Waals surface area contributed by atoms with Crippen molar-refractivity contribution in [3.8, 4) is 0 Å². The molecule has 8 heavy (non-hydrogen) atoms. The highest BCUT2D eigenvalue weighted by Crippen LogP contribution is 2.20. The van der Waals surface area contributed by atoms with E-state index in [1.165, 1.54) is 0 Å². The van der Waals surface area contributed by atoms with Crippen molar-refractivity contribution in [3.63, 3.8) is 0 Å². The molecule has 50 valence electrons. The zero-order valence-electron chi connectivity index (χ0n) is 9.63. The maximum atomic E-state index is 7.33. The van der Waals surface area contributed by atoms with Crippen LogP contribution in [0.3, 0.4) is 0 Å². The van der Waals surface area contributed by atoms with Gasteiger partial charge in [0.15, 0.2) is 0 Å². The van der Waals surface area contributed by atoms with Gasteiger partial charge in [-0.15, -0.1) is 0 Å². The van der Waals surface area contributed by atoms with Gasteiger partial charge in [-0.1, -0.05) is 28.5 Å². The van der Waals surface area contributed by atoms with E-state index in [1.54, 1.807) is 6.92 Å². The van der Waals surface area contributed by atoms with Crippen molar-refractivity contribution < 1.29 is 6.85 Å². The van der Waals surface area contributed by atoms with Crippen LogP contribution in [0.2, 0.25) is 0 Å². The lowest BCUT2D eigenvalue weighted by Gasteiger charge is -1.93. The van der Waals surface area contributed by atoms with Crippen molar-refractivity contribution in [2.75, 3.05) is 18.0 Å². The number of hydrogen-bond donors (Lipinski definition) is 1. The molecule has 2 N–H and O–H groups in total. The van der Waals surface area contributed by atoms with Gasteiger partial charge in [0, 0.05) is 24.8 Å². The van der Waals surface area contributed by atoms with Gasteiger partial charge in [0.05, 0.1) is 0 Å². The van der Waals surface area contributed by atoms with Gasteiger partial charge in [0.1, 0.15) is 0 Å². The molecule has 0 heterocycles. The standard InChI is InChI=1S/C5H13NS2/c1-2-4-7-8-5-3-6/h2-6H2,1H3/i2D,3D2,4D,5D. The van der Waals surface area contributed by atoms with E-state index >= 15 is 0 Å². The second-order valence-corrected chi connectivity index (χ2v) is 2.99. The average molecular weight is 156 g/mol. The molecule has 3 unspecified atom stereocenters. The number of hydrogen-bond acceptors (Lipinski definition) is 3. The Morgan fingerprint density at radius 3 is 2.62 bits per heavy atom. The van der Waals surface area contributed by atoms with Crippen molar-refractivity contribution in [2.24, 2.45) is 5.73 Å². The zero-order chi connectivity index (χ0) is 10.6. The quantitative estimate of drug-likeness (QED) is 0.614. The Morgan fingerprint density at radius 1 is 1.50 bits per heavy atom. The first-order valence-corrected chi connectivity index (χ1v) is 4.40. The van der Waals surface area contributed by atoms with Crippen molar-refractivity contribution >= 4 is 21.6 Å². The van der Waals surface area contributed by atoms with Crippen LogP contribution in [0, 0.1) is 0 Å².